The second-order valence-electron chi connectivity index (χ2n) is 4.56. The lowest BCUT2D eigenvalue weighted by molar-refractivity contribution is 0.282. The lowest BCUT2D eigenvalue weighted by Crippen LogP contribution is -2.20. The predicted molar refractivity (Wildman–Crippen MR) is 78.0 cm³/mol. The summed E-state index contributed by atoms with van der Waals surface area (Å²) in [7, 11) is 4.27. The molecule has 0 aliphatic carbocycles. The van der Waals surface area contributed by atoms with E-state index < -0.39 is 0 Å². The van der Waals surface area contributed by atoms with Gasteiger partial charge < -0.3 is 4.90 Å². The molecule has 0 aliphatic heterocycles. The summed E-state index contributed by atoms with van der Waals surface area (Å²) in [5, 5.41) is 0. The molecule has 0 aliphatic rings. The lowest BCUT2D eigenvalue weighted by atomic mass is 9.94. The first-order valence-electron chi connectivity index (χ1n) is 6.19. The average Bonchev–Trinajstić information content (AvgIpc) is 2.35. The summed E-state index contributed by atoms with van der Waals surface area (Å²) in [5.41, 5.74) is 3.73. The molecular weight excluding hydrogens is 206 g/mol. The smallest absolute Gasteiger partial charge is 0.0347 e. The van der Waals surface area contributed by atoms with Crippen molar-refractivity contribution in [2.24, 2.45) is 0 Å². The van der Waals surface area contributed by atoms with Gasteiger partial charge in [0.25, 0.3) is 0 Å². The van der Waals surface area contributed by atoms with Gasteiger partial charge in [-0.25, -0.2) is 0 Å². The van der Waals surface area contributed by atoms with Crippen LogP contribution in [0.15, 0.2) is 31.4 Å². The molecule has 1 aromatic carbocycles. The van der Waals surface area contributed by atoms with Crippen LogP contribution in [-0.2, 0) is 0 Å². The Hall–Kier alpha value is -1.34. The van der Waals surface area contributed by atoms with Gasteiger partial charge in [0, 0.05) is 6.04 Å². The molecule has 0 N–H and O–H groups in total. The molecule has 17 heavy (non-hydrogen) atoms. The molecule has 0 saturated heterocycles. The van der Waals surface area contributed by atoms with Crippen LogP contribution in [0.25, 0.3) is 12.2 Å². The van der Waals surface area contributed by atoms with Gasteiger partial charge in [0.2, 0.25) is 0 Å². The van der Waals surface area contributed by atoms with Gasteiger partial charge in [0.1, 0.15) is 0 Å². The van der Waals surface area contributed by atoms with Crippen LogP contribution in [0, 0.1) is 0 Å². The van der Waals surface area contributed by atoms with Crippen molar-refractivity contribution in [1.82, 2.24) is 4.90 Å². The zero-order valence-corrected chi connectivity index (χ0v) is 11.2. The highest BCUT2D eigenvalue weighted by molar-refractivity contribution is 5.59. The molecule has 0 heterocycles. The van der Waals surface area contributed by atoms with E-state index in [2.05, 4.69) is 57.3 Å². The molecule has 0 saturated carbocycles. The van der Waals surface area contributed by atoms with Gasteiger partial charge in [-0.3, -0.25) is 0 Å². The monoisotopic (exact) mass is 229 g/mol. The fraction of sp³-hybridized carbons (Fsp3) is 0.375. The van der Waals surface area contributed by atoms with E-state index in [-0.39, 0.29) is 0 Å². The summed E-state index contributed by atoms with van der Waals surface area (Å²) in [6.45, 7) is 9.95. The Morgan fingerprint density at radius 1 is 1.24 bits per heavy atom. The Morgan fingerprint density at radius 2 is 1.94 bits per heavy atom. The third kappa shape index (κ3) is 3.31. The minimum absolute atomic E-state index is 0.465. The van der Waals surface area contributed by atoms with E-state index >= 15 is 0 Å². The average molecular weight is 229 g/mol. The van der Waals surface area contributed by atoms with Crippen LogP contribution in [0.5, 0.6) is 0 Å². The van der Waals surface area contributed by atoms with Gasteiger partial charge in [-0.2, -0.15) is 0 Å². The Labute approximate surface area is 105 Å². The highest BCUT2D eigenvalue weighted by Crippen LogP contribution is 2.28. The second-order valence-corrected chi connectivity index (χ2v) is 4.56. The molecule has 0 aromatic heterocycles. The highest BCUT2D eigenvalue weighted by atomic mass is 15.1. The molecule has 1 aromatic rings. The summed E-state index contributed by atoms with van der Waals surface area (Å²) in [5.74, 6) is 0. The fourth-order valence-electron chi connectivity index (χ4n) is 2.17. The largest absolute Gasteiger partial charge is 0.302 e. The van der Waals surface area contributed by atoms with Crippen LogP contribution in [0.4, 0.5) is 0 Å². The van der Waals surface area contributed by atoms with Crippen LogP contribution in [-0.4, -0.2) is 19.0 Å². The SMILES string of the molecule is C=Cc1ccc(C(CCC)N(C)C)c(C=C)c1. The highest BCUT2D eigenvalue weighted by Gasteiger charge is 2.15. The Bertz CT molecular complexity index is 391. The first kappa shape index (κ1) is 13.7. The summed E-state index contributed by atoms with van der Waals surface area (Å²) in [6.07, 6.45) is 6.17. The van der Waals surface area contributed by atoms with Gasteiger partial charge >= 0.3 is 0 Å². The van der Waals surface area contributed by atoms with Crippen LogP contribution < -0.4 is 0 Å². The lowest BCUT2D eigenvalue weighted by Gasteiger charge is -2.26. The van der Waals surface area contributed by atoms with Crippen molar-refractivity contribution in [2.45, 2.75) is 25.8 Å². The number of benzene rings is 1. The first-order valence-corrected chi connectivity index (χ1v) is 6.19. The van der Waals surface area contributed by atoms with Crippen molar-refractivity contribution < 1.29 is 0 Å². The maximum Gasteiger partial charge on any atom is 0.0347 e. The molecule has 0 amide bonds. The number of hydrogen-bond donors (Lipinski definition) is 0. The van der Waals surface area contributed by atoms with Crippen molar-refractivity contribution in [3.63, 3.8) is 0 Å². The third-order valence-electron chi connectivity index (χ3n) is 3.11. The molecule has 1 rings (SSSR count). The van der Waals surface area contributed by atoms with E-state index in [1.54, 1.807) is 0 Å². The molecule has 0 spiro atoms. The minimum atomic E-state index is 0.465. The summed E-state index contributed by atoms with van der Waals surface area (Å²) < 4.78 is 0. The molecule has 1 nitrogen and oxygen atoms in total. The second kappa shape index (κ2) is 6.41. The van der Waals surface area contributed by atoms with Crippen LogP contribution >= 0.6 is 0 Å². The van der Waals surface area contributed by atoms with E-state index in [0.29, 0.717) is 6.04 Å². The van der Waals surface area contributed by atoms with Gasteiger partial charge in [-0.15, -0.1) is 0 Å². The van der Waals surface area contributed by atoms with Gasteiger partial charge in [-0.1, -0.05) is 50.8 Å². The molecule has 92 valence electrons. The quantitative estimate of drug-likeness (QED) is 0.700. The summed E-state index contributed by atoms with van der Waals surface area (Å²) in [6, 6.07) is 6.95. The summed E-state index contributed by atoms with van der Waals surface area (Å²) in [4.78, 5) is 2.28. The zero-order valence-electron chi connectivity index (χ0n) is 11.2. The Kier molecular flexibility index (Phi) is 5.17. The zero-order chi connectivity index (χ0) is 12.8. The topological polar surface area (TPSA) is 3.24 Å². The molecule has 0 bridgehead atoms. The maximum absolute atomic E-state index is 3.92. The minimum Gasteiger partial charge on any atom is -0.302 e. The van der Waals surface area contributed by atoms with E-state index in [1.807, 2.05) is 12.2 Å². The van der Waals surface area contributed by atoms with Gasteiger partial charge in [-0.05, 0) is 43.3 Å². The molecule has 0 fully saturated rings. The molecule has 0 radical (unpaired) electrons. The van der Waals surface area contributed by atoms with E-state index in [4.69, 9.17) is 0 Å². The van der Waals surface area contributed by atoms with Crippen molar-refractivity contribution in [2.75, 3.05) is 14.1 Å². The first-order chi connectivity index (χ1) is 8.13. The van der Waals surface area contributed by atoms with Crippen LogP contribution in [0.3, 0.4) is 0 Å². The van der Waals surface area contributed by atoms with E-state index in [0.717, 1.165) is 5.56 Å². The molecule has 1 heteroatoms. The van der Waals surface area contributed by atoms with Crippen LogP contribution in [0.2, 0.25) is 0 Å². The van der Waals surface area contributed by atoms with E-state index in [1.165, 1.54) is 24.0 Å². The number of nitrogens with zero attached hydrogens (tertiary/aromatic N) is 1. The van der Waals surface area contributed by atoms with Gasteiger partial charge in [0.15, 0.2) is 0 Å². The standard InChI is InChI=1S/C16H23N/c1-6-9-16(17(4)5)15-11-10-13(7-2)12-14(15)8-3/h7-8,10-12,16H,2-3,6,9H2,1,4-5H3. The molecular formula is C16H23N. The normalized spacial score (nSPS) is 12.5. The maximum atomic E-state index is 3.92. The molecule has 1 unspecified atom stereocenters. The van der Waals surface area contributed by atoms with Gasteiger partial charge in [0.05, 0.1) is 0 Å². The van der Waals surface area contributed by atoms with Crippen molar-refractivity contribution in [1.29, 1.82) is 0 Å². The third-order valence-corrected chi connectivity index (χ3v) is 3.11. The number of rotatable bonds is 6. The van der Waals surface area contributed by atoms with Crippen molar-refractivity contribution >= 4 is 12.2 Å². The van der Waals surface area contributed by atoms with E-state index in [9.17, 15) is 0 Å². The predicted octanol–water partition coefficient (Wildman–Crippen LogP) is 4.38. The number of hydrogen-bond acceptors (Lipinski definition) is 1. The Balaban J connectivity index is 3.17. The van der Waals surface area contributed by atoms with Crippen molar-refractivity contribution in [3.05, 3.63) is 48.0 Å². The van der Waals surface area contributed by atoms with Crippen molar-refractivity contribution in [3.8, 4) is 0 Å². The fourth-order valence-corrected chi connectivity index (χ4v) is 2.17. The summed E-state index contributed by atoms with van der Waals surface area (Å²) >= 11 is 0. The Morgan fingerprint density at radius 3 is 2.41 bits per heavy atom. The molecule has 1 atom stereocenters. The van der Waals surface area contributed by atoms with Crippen LogP contribution in [0.1, 0.15) is 42.5 Å².